The van der Waals surface area contributed by atoms with Gasteiger partial charge < -0.3 is 14.2 Å². The highest BCUT2D eigenvalue weighted by Crippen LogP contribution is 2.16. The molecule has 1 rings (SSSR count). The standard InChI is InChI=1S/C9H14O5/c1-7(11)4-12-5-9-8(14-6-10)2-3-13-9/h6,8-9H,2-5H2,1H3. The minimum atomic E-state index is -0.237. The van der Waals surface area contributed by atoms with Crippen LogP contribution in [0.15, 0.2) is 0 Å². The topological polar surface area (TPSA) is 61.8 Å². The van der Waals surface area contributed by atoms with E-state index in [9.17, 15) is 9.59 Å². The van der Waals surface area contributed by atoms with Crippen LogP contribution in [0.25, 0.3) is 0 Å². The number of ketones is 1. The van der Waals surface area contributed by atoms with Crippen LogP contribution in [-0.2, 0) is 23.8 Å². The number of carbonyl (C=O) groups excluding carboxylic acids is 2. The lowest BCUT2D eigenvalue weighted by atomic mass is 10.2. The van der Waals surface area contributed by atoms with Gasteiger partial charge in [0.1, 0.15) is 18.8 Å². The van der Waals surface area contributed by atoms with Crippen molar-refractivity contribution in [1.29, 1.82) is 0 Å². The first-order valence-corrected chi connectivity index (χ1v) is 4.52. The molecule has 0 aromatic heterocycles. The van der Waals surface area contributed by atoms with Gasteiger partial charge in [0.25, 0.3) is 6.47 Å². The molecule has 80 valence electrons. The summed E-state index contributed by atoms with van der Waals surface area (Å²) in [6.45, 7) is 2.80. The molecule has 0 radical (unpaired) electrons. The molecule has 14 heavy (non-hydrogen) atoms. The van der Waals surface area contributed by atoms with E-state index >= 15 is 0 Å². The number of carbonyl (C=O) groups is 2. The lowest BCUT2D eigenvalue weighted by Gasteiger charge is -2.16. The van der Waals surface area contributed by atoms with Crippen LogP contribution in [0.5, 0.6) is 0 Å². The van der Waals surface area contributed by atoms with E-state index in [1.807, 2.05) is 0 Å². The summed E-state index contributed by atoms with van der Waals surface area (Å²) in [7, 11) is 0. The van der Waals surface area contributed by atoms with E-state index in [2.05, 4.69) is 0 Å². The molecule has 0 aromatic carbocycles. The van der Waals surface area contributed by atoms with Crippen LogP contribution in [0, 0.1) is 0 Å². The van der Waals surface area contributed by atoms with E-state index in [0.29, 0.717) is 19.5 Å². The van der Waals surface area contributed by atoms with Gasteiger partial charge in [-0.1, -0.05) is 0 Å². The van der Waals surface area contributed by atoms with Gasteiger partial charge in [0, 0.05) is 6.42 Å². The first-order valence-electron chi connectivity index (χ1n) is 4.52. The Labute approximate surface area is 82.3 Å². The average molecular weight is 202 g/mol. The fraction of sp³-hybridized carbons (Fsp3) is 0.778. The Balaban J connectivity index is 2.21. The van der Waals surface area contributed by atoms with Gasteiger partial charge in [0.05, 0.1) is 13.2 Å². The van der Waals surface area contributed by atoms with Crippen LogP contribution in [0.3, 0.4) is 0 Å². The summed E-state index contributed by atoms with van der Waals surface area (Å²) in [5.41, 5.74) is 0. The molecular formula is C9H14O5. The lowest BCUT2D eigenvalue weighted by molar-refractivity contribution is -0.139. The maximum Gasteiger partial charge on any atom is 0.293 e. The smallest absolute Gasteiger partial charge is 0.293 e. The molecule has 1 fully saturated rings. The van der Waals surface area contributed by atoms with E-state index in [4.69, 9.17) is 14.2 Å². The van der Waals surface area contributed by atoms with Gasteiger partial charge in [-0.25, -0.2) is 0 Å². The van der Waals surface area contributed by atoms with Crippen LogP contribution < -0.4 is 0 Å². The quantitative estimate of drug-likeness (QED) is 0.564. The number of hydrogen-bond donors (Lipinski definition) is 0. The summed E-state index contributed by atoms with van der Waals surface area (Å²) in [6.07, 6.45) is 0.214. The van der Waals surface area contributed by atoms with Crippen molar-refractivity contribution in [2.24, 2.45) is 0 Å². The van der Waals surface area contributed by atoms with Crippen molar-refractivity contribution >= 4 is 12.3 Å². The maximum absolute atomic E-state index is 10.6. The molecule has 1 aliphatic rings. The third-order valence-corrected chi connectivity index (χ3v) is 1.97. The summed E-state index contributed by atoms with van der Waals surface area (Å²) in [5, 5.41) is 0. The zero-order valence-electron chi connectivity index (χ0n) is 8.10. The Morgan fingerprint density at radius 2 is 2.43 bits per heavy atom. The highest BCUT2D eigenvalue weighted by Gasteiger charge is 2.29. The Bertz CT molecular complexity index is 203. The third-order valence-electron chi connectivity index (χ3n) is 1.97. The number of ether oxygens (including phenoxy) is 3. The molecule has 2 atom stereocenters. The molecule has 1 heterocycles. The summed E-state index contributed by atoms with van der Waals surface area (Å²) in [4.78, 5) is 20.7. The first kappa shape index (κ1) is 11.1. The fourth-order valence-electron chi connectivity index (χ4n) is 1.33. The molecule has 0 N–H and O–H groups in total. The van der Waals surface area contributed by atoms with Crippen molar-refractivity contribution < 1.29 is 23.8 Å². The second-order valence-corrected chi connectivity index (χ2v) is 3.19. The number of rotatable bonds is 6. The van der Waals surface area contributed by atoms with Crippen molar-refractivity contribution in [2.75, 3.05) is 19.8 Å². The molecule has 0 bridgehead atoms. The molecule has 0 aliphatic carbocycles. The van der Waals surface area contributed by atoms with Crippen molar-refractivity contribution in [2.45, 2.75) is 25.6 Å². The Hall–Kier alpha value is -0.940. The molecular weight excluding hydrogens is 188 g/mol. The molecule has 5 heteroatoms. The third kappa shape index (κ3) is 3.43. The van der Waals surface area contributed by atoms with E-state index in [1.165, 1.54) is 6.92 Å². The van der Waals surface area contributed by atoms with Crippen molar-refractivity contribution in [3.63, 3.8) is 0 Å². The van der Waals surface area contributed by atoms with Gasteiger partial charge in [0.2, 0.25) is 0 Å². The minimum absolute atomic E-state index is 0.0316. The van der Waals surface area contributed by atoms with Gasteiger partial charge in [-0.05, 0) is 6.92 Å². The van der Waals surface area contributed by atoms with Gasteiger partial charge in [-0.15, -0.1) is 0 Å². The fourth-order valence-corrected chi connectivity index (χ4v) is 1.33. The van der Waals surface area contributed by atoms with Crippen molar-refractivity contribution in [3.05, 3.63) is 0 Å². The lowest BCUT2D eigenvalue weighted by Crippen LogP contribution is -2.29. The van der Waals surface area contributed by atoms with Gasteiger partial charge in [0.15, 0.2) is 5.78 Å². The van der Waals surface area contributed by atoms with Crippen LogP contribution >= 0.6 is 0 Å². The normalized spacial score (nSPS) is 26.1. The predicted octanol–water partition coefficient (Wildman–Crippen LogP) is -0.0775. The van der Waals surface area contributed by atoms with Gasteiger partial charge >= 0.3 is 0 Å². The molecule has 1 aliphatic heterocycles. The molecule has 2 unspecified atom stereocenters. The molecule has 5 nitrogen and oxygen atoms in total. The summed E-state index contributed by atoms with van der Waals surface area (Å²) < 4.78 is 15.2. The highest BCUT2D eigenvalue weighted by molar-refractivity contribution is 5.76. The average Bonchev–Trinajstić information content (AvgIpc) is 2.53. The molecule has 0 spiro atoms. The van der Waals surface area contributed by atoms with E-state index in [-0.39, 0.29) is 31.2 Å². The minimum Gasteiger partial charge on any atom is -0.462 e. The van der Waals surface area contributed by atoms with E-state index in [0.717, 1.165) is 0 Å². The second kappa shape index (κ2) is 5.72. The number of Topliss-reactive ketones (excluding diaryl/α,β-unsaturated/α-hetero) is 1. The van der Waals surface area contributed by atoms with Crippen molar-refractivity contribution in [1.82, 2.24) is 0 Å². The molecule has 0 saturated carbocycles. The SMILES string of the molecule is CC(=O)COCC1OCCC1OC=O. The van der Waals surface area contributed by atoms with E-state index in [1.54, 1.807) is 0 Å². The van der Waals surface area contributed by atoms with Crippen LogP contribution in [0.4, 0.5) is 0 Å². The number of hydrogen-bond acceptors (Lipinski definition) is 5. The van der Waals surface area contributed by atoms with Crippen molar-refractivity contribution in [3.8, 4) is 0 Å². The summed E-state index contributed by atoms with van der Waals surface area (Å²) >= 11 is 0. The van der Waals surface area contributed by atoms with E-state index < -0.39 is 0 Å². The van der Waals surface area contributed by atoms with Crippen LogP contribution in [-0.4, -0.2) is 44.3 Å². The Kier molecular flexibility index (Phi) is 4.55. The maximum atomic E-state index is 10.6. The largest absolute Gasteiger partial charge is 0.462 e. The Morgan fingerprint density at radius 1 is 1.64 bits per heavy atom. The van der Waals surface area contributed by atoms with Crippen LogP contribution in [0.2, 0.25) is 0 Å². The van der Waals surface area contributed by atoms with Gasteiger partial charge in [-0.2, -0.15) is 0 Å². The first-order chi connectivity index (χ1) is 6.74. The highest BCUT2D eigenvalue weighted by atomic mass is 16.6. The zero-order chi connectivity index (χ0) is 10.4. The monoisotopic (exact) mass is 202 g/mol. The zero-order valence-corrected chi connectivity index (χ0v) is 8.10. The summed E-state index contributed by atoms with van der Waals surface area (Å²) in [6, 6.07) is 0. The summed E-state index contributed by atoms with van der Waals surface area (Å²) in [5.74, 6) is -0.0316. The second-order valence-electron chi connectivity index (χ2n) is 3.19. The van der Waals surface area contributed by atoms with Gasteiger partial charge in [-0.3, -0.25) is 9.59 Å². The molecule has 0 amide bonds. The van der Waals surface area contributed by atoms with Crippen LogP contribution in [0.1, 0.15) is 13.3 Å². The molecule has 1 saturated heterocycles. The predicted molar refractivity (Wildman–Crippen MR) is 46.8 cm³/mol. The Morgan fingerprint density at radius 3 is 3.07 bits per heavy atom. The molecule has 0 aromatic rings.